The first kappa shape index (κ1) is 16.0. The van der Waals surface area contributed by atoms with E-state index in [4.69, 9.17) is 11.6 Å². The highest BCUT2D eigenvalue weighted by atomic mass is 35.5. The van der Waals surface area contributed by atoms with E-state index in [0.717, 1.165) is 11.1 Å². The molecule has 5 heteroatoms. The van der Waals surface area contributed by atoms with Crippen molar-refractivity contribution in [1.29, 1.82) is 0 Å². The SMILES string of the molecule is O=C(CNC(=O)Cc1ccccc1)NCc1ccc(Cl)cc1. The van der Waals surface area contributed by atoms with E-state index in [9.17, 15) is 9.59 Å². The maximum Gasteiger partial charge on any atom is 0.239 e. The van der Waals surface area contributed by atoms with Gasteiger partial charge in [-0.1, -0.05) is 54.1 Å². The Bertz CT molecular complexity index is 627. The molecule has 0 saturated carbocycles. The lowest BCUT2D eigenvalue weighted by Gasteiger charge is -2.07. The summed E-state index contributed by atoms with van der Waals surface area (Å²) in [5.74, 6) is -0.399. The minimum Gasteiger partial charge on any atom is -0.350 e. The van der Waals surface area contributed by atoms with Crippen LogP contribution in [-0.4, -0.2) is 18.4 Å². The summed E-state index contributed by atoms with van der Waals surface area (Å²) in [6, 6.07) is 16.6. The number of hydrogen-bond acceptors (Lipinski definition) is 2. The van der Waals surface area contributed by atoms with Gasteiger partial charge in [0.2, 0.25) is 11.8 Å². The molecule has 0 unspecified atom stereocenters. The van der Waals surface area contributed by atoms with Gasteiger partial charge >= 0.3 is 0 Å². The van der Waals surface area contributed by atoms with Crippen molar-refractivity contribution < 1.29 is 9.59 Å². The molecule has 114 valence electrons. The Morgan fingerprint density at radius 3 is 2.18 bits per heavy atom. The Kier molecular flexibility index (Phi) is 5.98. The molecule has 0 spiro atoms. The summed E-state index contributed by atoms with van der Waals surface area (Å²) in [7, 11) is 0. The van der Waals surface area contributed by atoms with E-state index in [2.05, 4.69) is 10.6 Å². The predicted octanol–water partition coefficient (Wildman–Crippen LogP) is 2.32. The maximum absolute atomic E-state index is 11.7. The molecule has 0 aliphatic heterocycles. The lowest BCUT2D eigenvalue weighted by molar-refractivity contribution is -0.125. The number of benzene rings is 2. The van der Waals surface area contributed by atoms with Crippen LogP contribution in [0.4, 0.5) is 0 Å². The molecule has 0 radical (unpaired) electrons. The van der Waals surface area contributed by atoms with Gasteiger partial charge in [0.25, 0.3) is 0 Å². The van der Waals surface area contributed by atoms with Crippen molar-refractivity contribution in [2.45, 2.75) is 13.0 Å². The number of carbonyl (C=O) groups is 2. The Morgan fingerprint density at radius 2 is 1.50 bits per heavy atom. The van der Waals surface area contributed by atoms with E-state index in [-0.39, 0.29) is 24.8 Å². The van der Waals surface area contributed by atoms with Crippen molar-refractivity contribution in [2.24, 2.45) is 0 Å². The normalized spacial score (nSPS) is 10.0. The predicted molar refractivity (Wildman–Crippen MR) is 86.5 cm³/mol. The molecule has 0 aliphatic carbocycles. The fourth-order valence-electron chi connectivity index (χ4n) is 1.89. The second kappa shape index (κ2) is 8.20. The standard InChI is InChI=1S/C17H17ClN2O2/c18-15-8-6-14(7-9-15)11-19-17(22)12-20-16(21)10-13-4-2-1-3-5-13/h1-9H,10-12H2,(H,19,22)(H,20,21). The summed E-state index contributed by atoms with van der Waals surface area (Å²) in [4.78, 5) is 23.4. The highest BCUT2D eigenvalue weighted by Crippen LogP contribution is 2.08. The van der Waals surface area contributed by atoms with E-state index in [1.54, 1.807) is 12.1 Å². The number of hydrogen-bond donors (Lipinski definition) is 2. The van der Waals surface area contributed by atoms with Gasteiger partial charge in [0.05, 0.1) is 13.0 Å². The van der Waals surface area contributed by atoms with Gasteiger partial charge < -0.3 is 10.6 Å². The third-order valence-electron chi connectivity index (χ3n) is 3.06. The summed E-state index contributed by atoms with van der Waals surface area (Å²) in [6.45, 7) is 0.379. The molecule has 0 atom stereocenters. The van der Waals surface area contributed by atoms with Crippen molar-refractivity contribution in [3.63, 3.8) is 0 Å². The number of nitrogens with one attached hydrogen (secondary N) is 2. The minimum atomic E-state index is -0.226. The van der Waals surface area contributed by atoms with Gasteiger partial charge in [-0.15, -0.1) is 0 Å². The summed E-state index contributed by atoms with van der Waals surface area (Å²) in [6.07, 6.45) is 0.269. The van der Waals surface area contributed by atoms with Crippen molar-refractivity contribution in [1.82, 2.24) is 10.6 Å². The van der Waals surface area contributed by atoms with Crippen LogP contribution in [0.1, 0.15) is 11.1 Å². The van der Waals surface area contributed by atoms with Gasteiger partial charge in [-0.2, -0.15) is 0 Å². The first-order valence-electron chi connectivity index (χ1n) is 6.95. The van der Waals surface area contributed by atoms with Gasteiger partial charge in [-0.3, -0.25) is 9.59 Å². The van der Waals surface area contributed by atoms with Crippen LogP contribution in [0.3, 0.4) is 0 Å². The Labute approximate surface area is 134 Å². The summed E-state index contributed by atoms with van der Waals surface area (Å²) >= 11 is 5.79. The third-order valence-corrected chi connectivity index (χ3v) is 3.31. The molecule has 0 aromatic heterocycles. The molecule has 0 aliphatic rings. The number of halogens is 1. The van der Waals surface area contributed by atoms with Gasteiger partial charge in [0.15, 0.2) is 0 Å². The van der Waals surface area contributed by atoms with Crippen LogP contribution in [0.15, 0.2) is 54.6 Å². The zero-order valence-electron chi connectivity index (χ0n) is 12.0. The van der Waals surface area contributed by atoms with Crippen LogP contribution < -0.4 is 10.6 Å². The molecule has 2 rings (SSSR count). The highest BCUT2D eigenvalue weighted by Gasteiger charge is 2.06. The quantitative estimate of drug-likeness (QED) is 0.859. The van der Waals surface area contributed by atoms with Crippen LogP contribution in [0.2, 0.25) is 5.02 Å². The fourth-order valence-corrected chi connectivity index (χ4v) is 2.01. The van der Waals surface area contributed by atoms with Crippen molar-refractivity contribution in [2.75, 3.05) is 6.54 Å². The summed E-state index contributed by atoms with van der Waals surface area (Å²) < 4.78 is 0. The Hall–Kier alpha value is -2.33. The van der Waals surface area contributed by atoms with Gasteiger partial charge in [-0.05, 0) is 23.3 Å². The van der Waals surface area contributed by atoms with E-state index in [0.29, 0.717) is 11.6 Å². The molecule has 0 fully saturated rings. The van der Waals surface area contributed by atoms with Crippen LogP contribution >= 0.6 is 11.6 Å². The summed E-state index contributed by atoms with van der Waals surface area (Å²) in [5.41, 5.74) is 1.87. The van der Waals surface area contributed by atoms with Gasteiger partial charge in [-0.25, -0.2) is 0 Å². The van der Waals surface area contributed by atoms with Crippen LogP contribution in [0.25, 0.3) is 0 Å². The second-order valence-electron chi connectivity index (χ2n) is 4.84. The zero-order chi connectivity index (χ0) is 15.8. The molecule has 22 heavy (non-hydrogen) atoms. The fraction of sp³-hybridized carbons (Fsp3) is 0.176. The molecule has 0 saturated heterocycles. The lowest BCUT2D eigenvalue weighted by atomic mass is 10.1. The van der Waals surface area contributed by atoms with E-state index >= 15 is 0 Å². The molecule has 2 amide bonds. The van der Waals surface area contributed by atoms with Crippen LogP contribution in [0, 0.1) is 0 Å². The Balaban J connectivity index is 1.69. The smallest absolute Gasteiger partial charge is 0.239 e. The van der Waals surface area contributed by atoms with E-state index in [1.807, 2.05) is 42.5 Å². The first-order valence-corrected chi connectivity index (χ1v) is 7.33. The van der Waals surface area contributed by atoms with Crippen molar-refractivity contribution in [3.05, 3.63) is 70.7 Å². The van der Waals surface area contributed by atoms with Crippen LogP contribution in [-0.2, 0) is 22.6 Å². The lowest BCUT2D eigenvalue weighted by Crippen LogP contribution is -2.37. The monoisotopic (exact) mass is 316 g/mol. The molecule has 0 bridgehead atoms. The van der Waals surface area contributed by atoms with Crippen molar-refractivity contribution in [3.8, 4) is 0 Å². The maximum atomic E-state index is 11.7. The first-order chi connectivity index (χ1) is 10.6. The van der Waals surface area contributed by atoms with E-state index < -0.39 is 0 Å². The third kappa shape index (κ3) is 5.58. The van der Waals surface area contributed by atoms with Gasteiger partial charge in [0.1, 0.15) is 0 Å². The molecular weight excluding hydrogens is 300 g/mol. The second-order valence-corrected chi connectivity index (χ2v) is 5.28. The number of amides is 2. The van der Waals surface area contributed by atoms with Crippen LogP contribution in [0.5, 0.6) is 0 Å². The summed E-state index contributed by atoms with van der Waals surface area (Å²) in [5, 5.41) is 6.00. The topological polar surface area (TPSA) is 58.2 Å². The molecular formula is C17H17ClN2O2. The molecule has 0 heterocycles. The molecule has 2 aromatic rings. The average Bonchev–Trinajstić information content (AvgIpc) is 2.53. The molecule has 2 aromatic carbocycles. The largest absolute Gasteiger partial charge is 0.350 e. The molecule has 2 N–H and O–H groups in total. The average molecular weight is 317 g/mol. The van der Waals surface area contributed by atoms with Crippen molar-refractivity contribution >= 4 is 23.4 Å². The number of rotatable bonds is 6. The molecule has 4 nitrogen and oxygen atoms in total. The highest BCUT2D eigenvalue weighted by molar-refractivity contribution is 6.30. The van der Waals surface area contributed by atoms with E-state index in [1.165, 1.54) is 0 Å². The zero-order valence-corrected chi connectivity index (χ0v) is 12.8. The van der Waals surface area contributed by atoms with Gasteiger partial charge in [0, 0.05) is 11.6 Å². The Morgan fingerprint density at radius 1 is 0.818 bits per heavy atom. The number of carbonyl (C=O) groups excluding carboxylic acids is 2. The minimum absolute atomic E-state index is 0.0285.